The fourth-order valence-corrected chi connectivity index (χ4v) is 1.86. The van der Waals surface area contributed by atoms with Crippen LogP contribution in [0.25, 0.3) is 0 Å². The van der Waals surface area contributed by atoms with Crippen LogP contribution in [0.3, 0.4) is 0 Å². The lowest BCUT2D eigenvalue weighted by atomic mass is 10.0. The molecule has 5 heteroatoms. The number of rotatable bonds is 8. The molecule has 4 nitrogen and oxygen atoms in total. The highest BCUT2D eigenvalue weighted by molar-refractivity contribution is 5.55. The van der Waals surface area contributed by atoms with Gasteiger partial charge >= 0.3 is 0 Å². The van der Waals surface area contributed by atoms with Crippen molar-refractivity contribution in [3.63, 3.8) is 0 Å². The molecule has 0 atom stereocenters. The van der Waals surface area contributed by atoms with Crippen molar-refractivity contribution >= 4 is 5.69 Å². The zero-order chi connectivity index (χ0) is 15.2. The Hall–Kier alpha value is -1.17. The second-order valence-corrected chi connectivity index (χ2v) is 5.44. The van der Waals surface area contributed by atoms with E-state index in [0.717, 1.165) is 5.69 Å². The average Bonchev–Trinajstić information content (AvgIpc) is 2.44. The first-order chi connectivity index (χ1) is 9.44. The molecule has 0 amide bonds. The minimum atomic E-state index is -0.449. The molecule has 0 spiro atoms. The summed E-state index contributed by atoms with van der Waals surface area (Å²) in [5, 5.41) is 12.6. The number of benzene rings is 1. The Morgan fingerprint density at radius 2 is 2.10 bits per heavy atom. The molecule has 0 aromatic heterocycles. The maximum Gasteiger partial charge on any atom is 0.129 e. The molecule has 1 aromatic rings. The molecule has 0 fully saturated rings. The van der Waals surface area contributed by atoms with Crippen molar-refractivity contribution in [3.05, 3.63) is 29.6 Å². The van der Waals surface area contributed by atoms with Gasteiger partial charge in [0.05, 0.1) is 18.8 Å². The molecule has 0 saturated heterocycles. The topological polar surface area (TPSA) is 44.7 Å². The second-order valence-electron chi connectivity index (χ2n) is 5.44. The summed E-state index contributed by atoms with van der Waals surface area (Å²) in [7, 11) is 3.50. The minimum absolute atomic E-state index is 0.00342. The number of aliphatic hydroxyl groups is 1. The molecule has 0 unspecified atom stereocenters. The molecule has 114 valence electrons. The van der Waals surface area contributed by atoms with E-state index < -0.39 is 5.54 Å². The van der Waals surface area contributed by atoms with Crippen LogP contribution in [-0.4, -0.2) is 44.6 Å². The molecule has 0 aliphatic carbocycles. The lowest BCUT2D eigenvalue weighted by Gasteiger charge is -2.37. The van der Waals surface area contributed by atoms with Crippen LogP contribution in [-0.2, 0) is 11.3 Å². The van der Waals surface area contributed by atoms with Gasteiger partial charge in [0.2, 0.25) is 0 Å². The molecule has 1 aromatic carbocycles. The maximum absolute atomic E-state index is 14.1. The summed E-state index contributed by atoms with van der Waals surface area (Å²) in [5.74, 6) is -0.243. The molecule has 1 rings (SSSR count). The Bertz CT molecular complexity index is 424. The summed E-state index contributed by atoms with van der Waals surface area (Å²) >= 11 is 0. The van der Waals surface area contributed by atoms with Crippen LogP contribution in [0.2, 0.25) is 0 Å². The number of anilines is 1. The second kappa shape index (κ2) is 7.57. The van der Waals surface area contributed by atoms with E-state index in [4.69, 9.17) is 4.74 Å². The smallest absolute Gasteiger partial charge is 0.129 e. The number of hydrogen-bond donors (Lipinski definition) is 2. The molecule has 0 radical (unpaired) electrons. The lowest BCUT2D eigenvalue weighted by molar-refractivity contribution is 0.199. The van der Waals surface area contributed by atoms with Crippen LogP contribution in [0.5, 0.6) is 0 Å². The largest absolute Gasteiger partial charge is 0.394 e. The number of nitrogens with zero attached hydrogens (tertiary/aromatic N) is 1. The van der Waals surface area contributed by atoms with Crippen molar-refractivity contribution in [2.24, 2.45) is 0 Å². The van der Waals surface area contributed by atoms with E-state index >= 15 is 0 Å². The van der Waals surface area contributed by atoms with Crippen molar-refractivity contribution in [2.45, 2.75) is 25.9 Å². The standard InChI is InChI=1S/C15H25FN2O2/c1-15(2,11-19)18(3)14-7-5-6-13(16)12(14)10-17-8-9-20-4/h5-7,17,19H,8-11H2,1-4H3. The molecule has 0 saturated carbocycles. The number of methoxy groups -OCH3 is 1. The van der Waals surface area contributed by atoms with Gasteiger partial charge in [-0.25, -0.2) is 4.39 Å². The quantitative estimate of drug-likeness (QED) is 0.714. The fraction of sp³-hybridized carbons (Fsp3) is 0.600. The Morgan fingerprint density at radius 3 is 2.70 bits per heavy atom. The van der Waals surface area contributed by atoms with Crippen LogP contribution in [0.4, 0.5) is 10.1 Å². The Balaban J connectivity index is 2.93. The van der Waals surface area contributed by atoms with Crippen molar-refractivity contribution < 1.29 is 14.2 Å². The summed E-state index contributed by atoms with van der Waals surface area (Å²) in [6.45, 7) is 5.51. The average molecular weight is 284 g/mol. The predicted molar refractivity (Wildman–Crippen MR) is 79.6 cm³/mol. The van der Waals surface area contributed by atoms with Gasteiger partial charge in [-0.3, -0.25) is 0 Å². The molecule has 2 N–H and O–H groups in total. The van der Waals surface area contributed by atoms with Crippen molar-refractivity contribution in [1.29, 1.82) is 0 Å². The van der Waals surface area contributed by atoms with E-state index in [2.05, 4.69) is 5.32 Å². The summed E-state index contributed by atoms with van der Waals surface area (Å²) in [4.78, 5) is 1.91. The third-order valence-electron chi connectivity index (χ3n) is 3.54. The number of likely N-dealkylation sites (N-methyl/N-ethyl adjacent to an activating group) is 1. The van der Waals surface area contributed by atoms with Gasteiger partial charge in [0.15, 0.2) is 0 Å². The summed E-state index contributed by atoms with van der Waals surface area (Å²) < 4.78 is 19.0. The number of aliphatic hydroxyl groups excluding tert-OH is 1. The van der Waals surface area contributed by atoms with Gasteiger partial charge < -0.3 is 20.1 Å². The van der Waals surface area contributed by atoms with Gasteiger partial charge in [0, 0.05) is 38.5 Å². The lowest BCUT2D eigenvalue weighted by Crippen LogP contribution is -2.45. The van der Waals surface area contributed by atoms with Crippen LogP contribution < -0.4 is 10.2 Å². The SMILES string of the molecule is COCCNCc1c(F)cccc1N(C)C(C)(C)CO. The van der Waals surface area contributed by atoms with Crippen LogP contribution in [0, 0.1) is 5.82 Å². The molecular formula is C15H25FN2O2. The zero-order valence-corrected chi connectivity index (χ0v) is 12.7. The highest BCUT2D eigenvalue weighted by Crippen LogP contribution is 2.27. The van der Waals surface area contributed by atoms with E-state index in [1.807, 2.05) is 31.9 Å². The van der Waals surface area contributed by atoms with Crippen LogP contribution in [0.1, 0.15) is 19.4 Å². The number of ether oxygens (including phenoxy) is 1. The van der Waals surface area contributed by atoms with Gasteiger partial charge in [0.25, 0.3) is 0 Å². The van der Waals surface area contributed by atoms with E-state index in [-0.39, 0.29) is 12.4 Å². The maximum atomic E-state index is 14.1. The van der Waals surface area contributed by atoms with E-state index in [9.17, 15) is 9.50 Å². The van der Waals surface area contributed by atoms with Crippen molar-refractivity contribution in [3.8, 4) is 0 Å². The zero-order valence-electron chi connectivity index (χ0n) is 12.7. The minimum Gasteiger partial charge on any atom is -0.394 e. The summed E-state index contributed by atoms with van der Waals surface area (Å²) in [6, 6.07) is 5.01. The van der Waals surface area contributed by atoms with Gasteiger partial charge in [-0.2, -0.15) is 0 Å². The van der Waals surface area contributed by atoms with E-state index in [1.54, 1.807) is 13.2 Å². The number of nitrogens with one attached hydrogen (secondary N) is 1. The third-order valence-corrected chi connectivity index (χ3v) is 3.54. The molecule has 0 aliphatic rings. The normalized spacial score (nSPS) is 11.7. The van der Waals surface area contributed by atoms with Crippen molar-refractivity contribution in [1.82, 2.24) is 5.32 Å². The van der Waals surface area contributed by atoms with Crippen molar-refractivity contribution in [2.75, 3.05) is 38.8 Å². The Morgan fingerprint density at radius 1 is 1.40 bits per heavy atom. The predicted octanol–water partition coefficient (Wildman–Crippen LogP) is 1.77. The Kier molecular flexibility index (Phi) is 6.39. The summed E-state index contributed by atoms with van der Waals surface area (Å²) in [6.07, 6.45) is 0. The van der Waals surface area contributed by atoms with Crippen LogP contribution in [0.15, 0.2) is 18.2 Å². The van der Waals surface area contributed by atoms with Crippen LogP contribution >= 0.6 is 0 Å². The van der Waals surface area contributed by atoms with Gasteiger partial charge in [0.1, 0.15) is 5.82 Å². The first kappa shape index (κ1) is 16.9. The highest BCUT2D eigenvalue weighted by atomic mass is 19.1. The van der Waals surface area contributed by atoms with E-state index in [0.29, 0.717) is 25.3 Å². The van der Waals surface area contributed by atoms with Gasteiger partial charge in [-0.1, -0.05) is 6.07 Å². The van der Waals surface area contributed by atoms with Gasteiger partial charge in [-0.15, -0.1) is 0 Å². The Labute approximate surface area is 120 Å². The number of halogens is 1. The molecular weight excluding hydrogens is 259 g/mol. The van der Waals surface area contributed by atoms with E-state index in [1.165, 1.54) is 6.07 Å². The third kappa shape index (κ3) is 4.16. The summed E-state index contributed by atoms with van der Waals surface area (Å²) in [5.41, 5.74) is 0.941. The first-order valence-electron chi connectivity index (χ1n) is 6.75. The molecule has 0 bridgehead atoms. The first-order valence-corrected chi connectivity index (χ1v) is 6.75. The fourth-order valence-electron chi connectivity index (χ4n) is 1.86. The number of hydrogen-bond acceptors (Lipinski definition) is 4. The highest BCUT2D eigenvalue weighted by Gasteiger charge is 2.25. The molecule has 0 aliphatic heterocycles. The molecule has 20 heavy (non-hydrogen) atoms. The molecule has 0 heterocycles. The van der Waals surface area contributed by atoms with Gasteiger partial charge in [-0.05, 0) is 26.0 Å². The monoisotopic (exact) mass is 284 g/mol.